The fourth-order valence-electron chi connectivity index (χ4n) is 0.996. The number of pyridine rings is 1. The molecule has 72 valence electrons. The highest BCUT2D eigenvalue weighted by Crippen LogP contribution is 2.26. The second kappa shape index (κ2) is 4.14. The second-order valence-electron chi connectivity index (χ2n) is 4.27. The molecule has 0 amide bonds. The Balaban J connectivity index is 2.55. The zero-order valence-corrected chi connectivity index (χ0v) is 9.61. The third-order valence-corrected chi connectivity index (χ3v) is 2.95. The minimum absolute atomic E-state index is 0.337. The SMILES string of the molecule is Cc1cncc(CSC(C)(C)C)c1. The lowest BCUT2D eigenvalue weighted by Gasteiger charge is -2.17. The number of aryl methyl sites for hydroxylation is 1. The van der Waals surface area contributed by atoms with Gasteiger partial charge >= 0.3 is 0 Å². The molecule has 0 saturated carbocycles. The van der Waals surface area contributed by atoms with Crippen molar-refractivity contribution in [3.05, 3.63) is 29.6 Å². The maximum absolute atomic E-state index is 4.17. The molecule has 0 aromatic carbocycles. The van der Waals surface area contributed by atoms with Gasteiger partial charge in [0, 0.05) is 22.9 Å². The first kappa shape index (κ1) is 10.6. The zero-order valence-electron chi connectivity index (χ0n) is 8.79. The van der Waals surface area contributed by atoms with Gasteiger partial charge in [0.1, 0.15) is 0 Å². The predicted octanol–water partition coefficient (Wildman–Crippen LogP) is 3.42. The summed E-state index contributed by atoms with van der Waals surface area (Å²) >= 11 is 1.96. The normalized spacial score (nSPS) is 11.7. The molecule has 0 atom stereocenters. The molecule has 1 heterocycles. The van der Waals surface area contributed by atoms with Crippen LogP contribution in [0.3, 0.4) is 0 Å². The van der Waals surface area contributed by atoms with E-state index in [1.807, 2.05) is 24.2 Å². The summed E-state index contributed by atoms with van der Waals surface area (Å²) in [6, 6.07) is 2.20. The molecule has 0 radical (unpaired) electrons. The van der Waals surface area contributed by atoms with Gasteiger partial charge in [0.2, 0.25) is 0 Å². The summed E-state index contributed by atoms with van der Waals surface area (Å²) in [6.45, 7) is 8.79. The summed E-state index contributed by atoms with van der Waals surface area (Å²) < 4.78 is 0.337. The van der Waals surface area contributed by atoms with Crippen LogP contribution in [0, 0.1) is 6.92 Å². The fourth-order valence-corrected chi connectivity index (χ4v) is 1.75. The van der Waals surface area contributed by atoms with E-state index < -0.39 is 0 Å². The Bertz CT molecular complexity index is 276. The number of nitrogens with zero attached hydrogens (tertiary/aromatic N) is 1. The number of hydrogen-bond donors (Lipinski definition) is 0. The lowest BCUT2D eigenvalue weighted by molar-refractivity contribution is 0.802. The standard InChI is InChI=1S/C11H17NS/c1-9-5-10(7-12-6-9)8-13-11(2,3)4/h5-7H,8H2,1-4H3. The molecule has 0 unspecified atom stereocenters. The molecule has 0 aliphatic carbocycles. The Kier molecular flexibility index (Phi) is 3.37. The average molecular weight is 195 g/mol. The van der Waals surface area contributed by atoms with E-state index in [9.17, 15) is 0 Å². The van der Waals surface area contributed by atoms with Crippen LogP contribution in [-0.2, 0) is 5.75 Å². The van der Waals surface area contributed by atoms with Gasteiger partial charge < -0.3 is 0 Å². The average Bonchev–Trinajstić information content (AvgIpc) is 2.00. The molecule has 0 fully saturated rings. The molecule has 1 aromatic heterocycles. The van der Waals surface area contributed by atoms with E-state index in [-0.39, 0.29) is 0 Å². The Hall–Kier alpha value is -0.500. The van der Waals surface area contributed by atoms with Gasteiger partial charge in [-0.25, -0.2) is 0 Å². The quantitative estimate of drug-likeness (QED) is 0.717. The van der Waals surface area contributed by atoms with Crippen LogP contribution in [0.1, 0.15) is 31.9 Å². The summed E-state index contributed by atoms with van der Waals surface area (Å²) in [7, 11) is 0. The molecule has 13 heavy (non-hydrogen) atoms. The van der Waals surface area contributed by atoms with Crippen molar-refractivity contribution in [1.29, 1.82) is 0 Å². The highest BCUT2D eigenvalue weighted by molar-refractivity contribution is 7.99. The van der Waals surface area contributed by atoms with Gasteiger partial charge in [0.25, 0.3) is 0 Å². The number of aromatic nitrogens is 1. The largest absolute Gasteiger partial charge is 0.264 e. The van der Waals surface area contributed by atoms with Gasteiger partial charge in [0.15, 0.2) is 0 Å². The monoisotopic (exact) mass is 195 g/mol. The van der Waals surface area contributed by atoms with Crippen LogP contribution in [0.4, 0.5) is 0 Å². The lowest BCUT2D eigenvalue weighted by atomic mass is 10.2. The van der Waals surface area contributed by atoms with E-state index in [1.165, 1.54) is 11.1 Å². The van der Waals surface area contributed by atoms with Crippen molar-refractivity contribution in [2.45, 2.75) is 38.2 Å². The minimum Gasteiger partial charge on any atom is -0.264 e. The van der Waals surface area contributed by atoms with Crippen LogP contribution in [0.25, 0.3) is 0 Å². The lowest BCUT2D eigenvalue weighted by Crippen LogP contribution is -2.07. The van der Waals surface area contributed by atoms with Crippen molar-refractivity contribution in [3.8, 4) is 0 Å². The molecule has 0 bridgehead atoms. The Morgan fingerprint density at radius 3 is 2.54 bits per heavy atom. The Morgan fingerprint density at radius 1 is 1.31 bits per heavy atom. The maximum Gasteiger partial charge on any atom is 0.0308 e. The Morgan fingerprint density at radius 2 is 2.00 bits per heavy atom. The molecule has 1 aromatic rings. The summed E-state index contributed by atoms with van der Waals surface area (Å²) in [6.07, 6.45) is 3.84. The molecule has 0 aliphatic heterocycles. The molecule has 0 saturated heterocycles. The van der Waals surface area contributed by atoms with Gasteiger partial charge in [-0.1, -0.05) is 26.8 Å². The maximum atomic E-state index is 4.17. The van der Waals surface area contributed by atoms with Gasteiger partial charge in [-0.05, 0) is 18.1 Å². The highest BCUT2D eigenvalue weighted by Gasteiger charge is 2.10. The van der Waals surface area contributed by atoms with Crippen LogP contribution in [0.15, 0.2) is 18.5 Å². The van der Waals surface area contributed by atoms with Gasteiger partial charge in [0.05, 0.1) is 0 Å². The number of thioether (sulfide) groups is 1. The van der Waals surface area contributed by atoms with Crippen molar-refractivity contribution >= 4 is 11.8 Å². The zero-order chi connectivity index (χ0) is 9.90. The van der Waals surface area contributed by atoms with E-state index in [0.29, 0.717) is 4.75 Å². The summed E-state index contributed by atoms with van der Waals surface area (Å²) in [5.41, 5.74) is 2.56. The summed E-state index contributed by atoms with van der Waals surface area (Å²) in [5.74, 6) is 1.05. The smallest absolute Gasteiger partial charge is 0.0308 e. The van der Waals surface area contributed by atoms with Gasteiger partial charge in [-0.3, -0.25) is 4.98 Å². The number of rotatable bonds is 2. The van der Waals surface area contributed by atoms with Crippen LogP contribution >= 0.6 is 11.8 Å². The fraction of sp³-hybridized carbons (Fsp3) is 0.545. The molecule has 1 rings (SSSR count). The van der Waals surface area contributed by atoms with E-state index in [1.54, 1.807) is 0 Å². The summed E-state index contributed by atoms with van der Waals surface area (Å²) in [5, 5.41) is 0. The van der Waals surface area contributed by atoms with Crippen molar-refractivity contribution < 1.29 is 0 Å². The molecule has 2 heteroatoms. The van der Waals surface area contributed by atoms with Crippen molar-refractivity contribution in [3.63, 3.8) is 0 Å². The van der Waals surface area contributed by atoms with E-state index in [2.05, 4.69) is 38.7 Å². The highest BCUT2D eigenvalue weighted by atomic mass is 32.2. The third-order valence-electron chi connectivity index (χ3n) is 1.60. The van der Waals surface area contributed by atoms with Crippen molar-refractivity contribution in [2.75, 3.05) is 0 Å². The Labute approximate surface area is 85.0 Å². The van der Waals surface area contributed by atoms with Gasteiger partial charge in [-0.2, -0.15) is 11.8 Å². The van der Waals surface area contributed by atoms with E-state index >= 15 is 0 Å². The minimum atomic E-state index is 0.337. The van der Waals surface area contributed by atoms with Crippen molar-refractivity contribution in [2.24, 2.45) is 0 Å². The topological polar surface area (TPSA) is 12.9 Å². The van der Waals surface area contributed by atoms with Crippen LogP contribution in [0.5, 0.6) is 0 Å². The van der Waals surface area contributed by atoms with Gasteiger partial charge in [-0.15, -0.1) is 0 Å². The second-order valence-corrected chi connectivity index (χ2v) is 6.07. The molecule has 1 nitrogen and oxygen atoms in total. The van der Waals surface area contributed by atoms with E-state index in [0.717, 1.165) is 5.75 Å². The third kappa shape index (κ3) is 4.32. The van der Waals surface area contributed by atoms with Crippen LogP contribution < -0.4 is 0 Å². The first-order valence-corrected chi connectivity index (χ1v) is 5.50. The predicted molar refractivity (Wildman–Crippen MR) is 60.0 cm³/mol. The number of hydrogen-bond acceptors (Lipinski definition) is 2. The molecular weight excluding hydrogens is 178 g/mol. The van der Waals surface area contributed by atoms with E-state index in [4.69, 9.17) is 0 Å². The van der Waals surface area contributed by atoms with Crippen molar-refractivity contribution in [1.82, 2.24) is 4.98 Å². The van der Waals surface area contributed by atoms with Crippen LogP contribution in [0.2, 0.25) is 0 Å². The first-order chi connectivity index (χ1) is 5.97. The molecule has 0 aliphatic rings. The molecule has 0 spiro atoms. The summed E-state index contributed by atoms with van der Waals surface area (Å²) in [4.78, 5) is 4.17. The molecular formula is C11H17NS. The first-order valence-electron chi connectivity index (χ1n) is 4.52. The molecule has 0 N–H and O–H groups in total. The van der Waals surface area contributed by atoms with Crippen LogP contribution in [-0.4, -0.2) is 9.73 Å².